The van der Waals surface area contributed by atoms with Gasteiger partial charge in [-0.25, -0.2) is 23.3 Å². The number of nitrogen functional groups attached to an aromatic ring is 1. The van der Waals surface area contributed by atoms with Gasteiger partial charge in [-0.05, 0) is 66.6 Å². The maximum absolute atomic E-state index is 13.2. The Kier molecular flexibility index (Phi) is 5.89. The highest BCUT2D eigenvalue weighted by Crippen LogP contribution is 2.28. The molecule has 4 N–H and O–H groups in total. The largest absolute Gasteiger partial charge is 0.397 e. The first-order chi connectivity index (χ1) is 15.7. The molecule has 4 rings (SSSR count). The van der Waals surface area contributed by atoms with Crippen LogP contribution in [0.3, 0.4) is 0 Å². The highest BCUT2D eigenvalue weighted by atomic mass is 32.2. The van der Waals surface area contributed by atoms with E-state index in [0.29, 0.717) is 22.8 Å². The monoisotopic (exact) mass is 461 g/mol. The molecule has 0 bridgehead atoms. The molecule has 0 aliphatic carbocycles. The minimum atomic E-state index is -3.31. The molecule has 0 fully saturated rings. The maximum Gasteiger partial charge on any atom is 0.255 e. The zero-order chi connectivity index (χ0) is 23.6. The van der Waals surface area contributed by atoms with Crippen molar-refractivity contribution < 1.29 is 13.4 Å². The summed E-state index contributed by atoms with van der Waals surface area (Å²) in [6.07, 6.45) is 2.74. The van der Waals surface area contributed by atoms with Crippen molar-refractivity contribution in [3.05, 3.63) is 96.3 Å². The summed E-state index contributed by atoms with van der Waals surface area (Å²) in [5.41, 5.74) is 8.66. The summed E-state index contributed by atoms with van der Waals surface area (Å²) in [6.45, 7) is 1.70. The van der Waals surface area contributed by atoms with E-state index in [2.05, 4.69) is 15.3 Å². The molecule has 0 aliphatic rings. The number of benzene rings is 3. The number of nitrogens with one attached hydrogen (secondary N) is 2. The molecule has 1 aromatic heterocycles. The number of aryl methyl sites for hydroxylation is 1. The summed E-state index contributed by atoms with van der Waals surface area (Å²) >= 11 is 0. The highest BCUT2D eigenvalue weighted by Gasteiger charge is 2.16. The summed E-state index contributed by atoms with van der Waals surface area (Å²) in [5.74, 6) is -0.235. The average Bonchev–Trinajstić information content (AvgIpc) is 2.81. The van der Waals surface area contributed by atoms with Gasteiger partial charge in [-0.1, -0.05) is 18.2 Å². The maximum atomic E-state index is 13.2. The summed E-state index contributed by atoms with van der Waals surface area (Å²) in [4.78, 5) is 21.2. The van der Waals surface area contributed by atoms with Gasteiger partial charge in [0.2, 0.25) is 0 Å². The number of anilines is 2. The molecule has 33 heavy (non-hydrogen) atoms. The highest BCUT2D eigenvalue weighted by molar-refractivity contribution is 7.92. The molecule has 0 spiro atoms. The molecule has 4 aromatic rings. The molecule has 0 radical (unpaired) electrons. The number of halogens is 1. The van der Waals surface area contributed by atoms with Crippen molar-refractivity contribution in [2.75, 3.05) is 11.1 Å². The first-order valence-electron chi connectivity index (χ1n) is 9.88. The summed E-state index contributed by atoms with van der Waals surface area (Å²) < 4.78 is 34.5. The van der Waals surface area contributed by atoms with Crippen LogP contribution in [0.1, 0.15) is 16.2 Å². The number of rotatable bonds is 5. The fourth-order valence-electron chi connectivity index (χ4n) is 3.14. The third kappa shape index (κ3) is 4.73. The van der Waals surface area contributed by atoms with E-state index in [4.69, 9.17) is 10.5 Å². The Hall–Kier alpha value is -4.11. The van der Waals surface area contributed by atoms with Crippen molar-refractivity contribution in [3.8, 4) is 11.1 Å². The molecular formula is C24H20FN5O2S. The van der Waals surface area contributed by atoms with Crippen molar-refractivity contribution in [1.82, 2.24) is 9.97 Å². The van der Waals surface area contributed by atoms with E-state index in [-0.39, 0.29) is 15.6 Å². The van der Waals surface area contributed by atoms with E-state index < -0.39 is 15.6 Å². The third-order valence-corrected chi connectivity index (χ3v) is 6.83. The zero-order valence-electron chi connectivity index (χ0n) is 17.6. The van der Waals surface area contributed by atoms with Gasteiger partial charge >= 0.3 is 0 Å². The van der Waals surface area contributed by atoms with Gasteiger partial charge in [0.05, 0.1) is 21.2 Å². The fourth-order valence-corrected chi connectivity index (χ4v) is 4.34. The van der Waals surface area contributed by atoms with E-state index in [1.807, 2.05) is 0 Å². The second-order valence-electron chi connectivity index (χ2n) is 7.31. The Bertz CT molecular complexity index is 1420. The third-order valence-electron chi connectivity index (χ3n) is 5.02. The number of nitrogens with zero attached hydrogens (tertiary/aromatic N) is 2. The van der Waals surface area contributed by atoms with Crippen molar-refractivity contribution in [1.29, 1.82) is 4.78 Å². The van der Waals surface area contributed by atoms with Gasteiger partial charge in [0.25, 0.3) is 5.91 Å². The molecule has 0 saturated carbocycles. The molecule has 1 amide bonds. The van der Waals surface area contributed by atoms with Crippen LogP contribution in [0.15, 0.2) is 88.9 Å². The quantitative estimate of drug-likeness (QED) is 0.365. The van der Waals surface area contributed by atoms with E-state index in [1.54, 1.807) is 37.3 Å². The summed E-state index contributed by atoms with van der Waals surface area (Å²) in [5, 5.41) is 2.77. The van der Waals surface area contributed by atoms with Crippen LogP contribution in [0, 0.1) is 17.5 Å². The molecule has 0 aliphatic heterocycles. The minimum Gasteiger partial charge on any atom is -0.397 e. The Labute approximate surface area is 190 Å². The van der Waals surface area contributed by atoms with Gasteiger partial charge in [-0.2, -0.15) is 0 Å². The number of aromatic nitrogens is 2. The van der Waals surface area contributed by atoms with Gasteiger partial charge in [0.15, 0.2) is 0 Å². The second kappa shape index (κ2) is 8.79. The number of nitrogens with two attached hydrogens (primary N) is 1. The SMILES string of the molecule is Cc1ncc(S(=N)(=O)c2ccc(C(=O)Nc3cc(-c4ccc(F)cc4)ccc3N)cc2)cn1. The summed E-state index contributed by atoms with van der Waals surface area (Å²) in [7, 11) is -3.31. The first-order valence-corrected chi connectivity index (χ1v) is 11.4. The van der Waals surface area contributed by atoms with Gasteiger partial charge < -0.3 is 11.1 Å². The van der Waals surface area contributed by atoms with Gasteiger partial charge in [-0.15, -0.1) is 0 Å². The number of hydrogen-bond donors (Lipinski definition) is 3. The van der Waals surface area contributed by atoms with Crippen LogP contribution >= 0.6 is 0 Å². The van der Waals surface area contributed by atoms with Crippen LogP contribution in [0.2, 0.25) is 0 Å². The first kappa shape index (κ1) is 22.1. The van der Waals surface area contributed by atoms with E-state index >= 15 is 0 Å². The van der Waals surface area contributed by atoms with Crippen LogP contribution in [0.25, 0.3) is 11.1 Å². The number of amides is 1. The lowest BCUT2D eigenvalue weighted by Gasteiger charge is -2.12. The van der Waals surface area contributed by atoms with Crippen molar-refractivity contribution in [3.63, 3.8) is 0 Å². The van der Waals surface area contributed by atoms with Crippen LogP contribution in [-0.4, -0.2) is 20.1 Å². The average molecular weight is 462 g/mol. The zero-order valence-corrected chi connectivity index (χ0v) is 18.4. The van der Waals surface area contributed by atoms with Gasteiger partial charge in [0.1, 0.15) is 21.4 Å². The lowest BCUT2D eigenvalue weighted by molar-refractivity contribution is 0.102. The van der Waals surface area contributed by atoms with E-state index in [9.17, 15) is 13.4 Å². The standard InChI is InChI=1S/C24H20FN5O2S/c1-15-28-13-21(14-29-15)33(27,32)20-9-4-17(5-10-20)24(31)30-23-12-18(6-11-22(23)26)16-2-7-19(25)8-3-16/h2-14,27H,26H2,1H3,(H,30,31). The van der Waals surface area contributed by atoms with Gasteiger partial charge in [0, 0.05) is 18.0 Å². The van der Waals surface area contributed by atoms with E-state index in [1.165, 1.54) is 48.8 Å². The van der Waals surface area contributed by atoms with Crippen molar-refractivity contribution >= 4 is 27.0 Å². The minimum absolute atomic E-state index is 0.190. The topological polar surface area (TPSA) is 122 Å². The molecule has 3 aromatic carbocycles. The summed E-state index contributed by atoms with van der Waals surface area (Å²) in [6, 6.07) is 17.1. The van der Waals surface area contributed by atoms with Crippen LogP contribution in [-0.2, 0) is 9.73 Å². The predicted molar refractivity (Wildman–Crippen MR) is 125 cm³/mol. The molecule has 1 heterocycles. The molecule has 7 nitrogen and oxygen atoms in total. The predicted octanol–water partition coefficient (Wildman–Crippen LogP) is 4.89. The van der Waals surface area contributed by atoms with Crippen molar-refractivity contribution in [2.24, 2.45) is 0 Å². The lowest BCUT2D eigenvalue weighted by Crippen LogP contribution is -2.13. The van der Waals surface area contributed by atoms with Crippen LogP contribution in [0.5, 0.6) is 0 Å². The molecule has 9 heteroatoms. The Morgan fingerprint density at radius 2 is 1.55 bits per heavy atom. The number of carbonyl (C=O) groups excluding carboxylic acids is 1. The second-order valence-corrected chi connectivity index (χ2v) is 9.36. The molecule has 1 unspecified atom stereocenters. The van der Waals surface area contributed by atoms with Crippen molar-refractivity contribution in [2.45, 2.75) is 16.7 Å². The Morgan fingerprint density at radius 1 is 0.939 bits per heavy atom. The Morgan fingerprint density at radius 3 is 2.18 bits per heavy atom. The number of hydrogen-bond acceptors (Lipinski definition) is 6. The Balaban J connectivity index is 1.55. The molecule has 0 saturated heterocycles. The molecular weight excluding hydrogens is 441 g/mol. The smallest absolute Gasteiger partial charge is 0.255 e. The van der Waals surface area contributed by atoms with Gasteiger partial charge in [-0.3, -0.25) is 4.79 Å². The fraction of sp³-hybridized carbons (Fsp3) is 0.0417. The van der Waals surface area contributed by atoms with Crippen LogP contribution in [0.4, 0.5) is 15.8 Å². The molecule has 166 valence electrons. The number of carbonyl (C=O) groups is 1. The van der Waals surface area contributed by atoms with E-state index in [0.717, 1.165) is 11.1 Å². The molecule has 1 atom stereocenters. The lowest BCUT2D eigenvalue weighted by atomic mass is 10.0. The van der Waals surface area contributed by atoms with Crippen LogP contribution < -0.4 is 11.1 Å². The normalized spacial score (nSPS) is 12.7.